The second kappa shape index (κ2) is 76.1. The summed E-state index contributed by atoms with van der Waals surface area (Å²) in [4.78, 5) is 73.2. The topological polar surface area (TPSA) is 237 Å². The van der Waals surface area contributed by atoms with Crippen LogP contribution < -0.4 is 0 Å². The van der Waals surface area contributed by atoms with Gasteiger partial charge in [0.25, 0.3) is 0 Å². The van der Waals surface area contributed by atoms with E-state index in [9.17, 15) is 43.2 Å². The van der Waals surface area contributed by atoms with Crippen LogP contribution in [0.15, 0.2) is 0 Å². The second-order valence-electron chi connectivity index (χ2n) is 32.1. The monoisotopic (exact) mass is 1540 g/mol. The molecule has 105 heavy (non-hydrogen) atoms. The van der Waals surface area contributed by atoms with Crippen molar-refractivity contribution < 1.29 is 80.2 Å². The van der Waals surface area contributed by atoms with Crippen LogP contribution in [0.2, 0.25) is 0 Å². The quantitative estimate of drug-likeness (QED) is 0.0222. The van der Waals surface area contributed by atoms with Gasteiger partial charge in [-0.2, -0.15) is 0 Å². The Morgan fingerprint density at radius 3 is 0.724 bits per heavy atom. The van der Waals surface area contributed by atoms with Crippen LogP contribution in [0.3, 0.4) is 0 Å². The van der Waals surface area contributed by atoms with E-state index >= 15 is 0 Å². The summed E-state index contributed by atoms with van der Waals surface area (Å²) >= 11 is 0. The van der Waals surface area contributed by atoms with Crippen molar-refractivity contribution >= 4 is 39.5 Å². The predicted molar refractivity (Wildman–Crippen MR) is 432 cm³/mol. The fourth-order valence-corrected chi connectivity index (χ4v) is 14.9. The lowest BCUT2D eigenvalue weighted by atomic mass is 9.99. The first kappa shape index (κ1) is 103. The summed E-state index contributed by atoms with van der Waals surface area (Å²) in [5, 5.41) is 10.7. The van der Waals surface area contributed by atoms with Gasteiger partial charge < -0.3 is 33.8 Å². The molecule has 0 aromatic rings. The normalized spacial score (nSPS) is 14.1. The molecular weight excluding hydrogens is 1370 g/mol. The van der Waals surface area contributed by atoms with E-state index in [0.29, 0.717) is 25.7 Å². The Morgan fingerprint density at radius 2 is 0.486 bits per heavy atom. The molecule has 19 heteroatoms. The van der Waals surface area contributed by atoms with E-state index in [0.717, 1.165) is 108 Å². The molecule has 0 radical (unpaired) electrons. The van der Waals surface area contributed by atoms with Crippen LogP contribution in [0.4, 0.5) is 0 Å². The molecular formula is C86H168O17P2. The molecule has 0 spiro atoms. The van der Waals surface area contributed by atoms with Gasteiger partial charge in [-0.25, -0.2) is 9.13 Å². The molecule has 0 amide bonds. The number of aliphatic hydroxyl groups excluding tert-OH is 1. The number of rotatable bonds is 84. The highest BCUT2D eigenvalue weighted by atomic mass is 31.2. The molecule has 0 heterocycles. The molecule has 3 N–H and O–H groups in total. The average molecular weight is 1540 g/mol. The van der Waals surface area contributed by atoms with Crippen molar-refractivity contribution in [3.63, 3.8) is 0 Å². The van der Waals surface area contributed by atoms with Crippen molar-refractivity contribution in [2.24, 2.45) is 17.8 Å². The highest BCUT2D eigenvalue weighted by molar-refractivity contribution is 7.47. The average Bonchev–Trinajstić information content (AvgIpc) is 0.911. The summed E-state index contributed by atoms with van der Waals surface area (Å²) in [5.41, 5.74) is 0. The molecule has 0 aromatic heterocycles. The number of phosphoric ester groups is 2. The molecule has 0 aliphatic heterocycles. The molecule has 0 saturated heterocycles. The van der Waals surface area contributed by atoms with E-state index in [-0.39, 0.29) is 25.7 Å². The molecule has 624 valence electrons. The molecule has 3 unspecified atom stereocenters. The van der Waals surface area contributed by atoms with Gasteiger partial charge in [-0.3, -0.25) is 37.3 Å². The number of ether oxygens (including phenoxy) is 4. The highest BCUT2D eigenvalue weighted by Crippen LogP contribution is 2.45. The van der Waals surface area contributed by atoms with Crippen molar-refractivity contribution in [3.05, 3.63) is 0 Å². The van der Waals surface area contributed by atoms with Crippen LogP contribution >= 0.6 is 15.6 Å². The smallest absolute Gasteiger partial charge is 0.462 e. The lowest BCUT2D eigenvalue weighted by Gasteiger charge is -2.21. The van der Waals surface area contributed by atoms with Gasteiger partial charge in [-0.1, -0.05) is 402 Å². The molecule has 0 rings (SSSR count). The number of hydrogen-bond donors (Lipinski definition) is 3. The van der Waals surface area contributed by atoms with Gasteiger partial charge in [0, 0.05) is 25.7 Å². The highest BCUT2D eigenvalue weighted by Gasteiger charge is 2.30. The fourth-order valence-electron chi connectivity index (χ4n) is 13.3. The van der Waals surface area contributed by atoms with E-state index < -0.39 is 97.5 Å². The number of phosphoric acid groups is 2. The van der Waals surface area contributed by atoms with Gasteiger partial charge in [-0.05, 0) is 43.4 Å². The number of unbranched alkanes of at least 4 members (excludes halogenated alkanes) is 51. The predicted octanol–water partition coefficient (Wildman–Crippen LogP) is 26.1. The summed E-state index contributed by atoms with van der Waals surface area (Å²) < 4.78 is 68.9. The van der Waals surface area contributed by atoms with Gasteiger partial charge in [0.1, 0.15) is 19.3 Å². The SMILES string of the molecule is CCCCCCCCCCCCCCCCCCCCCC(=O)OC[C@H](COP(=O)(O)OC[C@@H](O)COP(=O)(O)OC[C@@H](COC(=O)CCCCCCCCCCC(C)C)OC(=O)CCCCCCCCCCCCC(C)CC)OC(=O)CCCCCCCCCCCCCCCCCCCCC(C)C. The first-order valence-electron chi connectivity index (χ1n) is 44.4. The van der Waals surface area contributed by atoms with E-state index in [2.05, 4.69) is 48.5 Å². The minimum Gasteiger partial charge on any atom is -0.462 e. The molecule has 0 aliphatic carbocycles. The Balaban J connectivity index is 5.24. The van der Waals surface area contributed by atoms with Crippen molar-refractivity contribution in [3.8, 4) is 0 Å². The maximum absolute atomic E-state index is 13.2. The third kappa shape index (κ3) is 78.5. The van der Waals surface area contributed by atoms with Crippen LogP contribution in [-0.4, -0.2) is 96.7 Å². The number of hydrogen-bond acceptors (Lipinski definition) is 15. The van der Waals surface area contributed by atoms with Gasteiger partial charge in [0.15, 0.2) is 12.2 Å². The zero-order valence-electron chi connectivity index (χ0n) is 69.2. The van der Waals surface area contributed by atoms with Crippen LogP contribution in [0.25, 0.3) is 0 Å². The zero-order valence-corrected chi connectivity index (χ0v) is 71.0. The van der Waals surface area contributed by atoms with Crippen LogP contribution in [0.5, 0.6) is 0 Å². The minimum atomic E-state index is -4.97. The van der Waals surface area contributed by atoms with Crippen LogP contribution in [-0.2, 0) is 65.4 Å². The van der Waals surface area contributed by atoms with E-state index in [1.807, 2.05) is 0 Å². The Hall–Kier alpha value is -1.94. The van der Waals surface area contributed by atoms with Gasteiger partial charge in [0.2, 0.25) is 0 Å². The lowest BCUT2D eigenvalue weighted by molar-refractivity contribution is -0.161. The van der Waals surface area contributed by atoms with E-state index in [4.69, 9.17) is 37.0 Å². The molecule has 17 nitrogen and oxygen atoms in total. The lowest BCUT2D eigenvalue weighted by Crippen LogP contribution is -2.30. The van der Waals surface area contributed by atoms with Gasteiger partial charge >= 0.3 is 39.5 Å². The number of carbonyl (C=O) groups excluding carboxylic acids is 4. The fraction of sp³-hybridized carbons (Fsp3) is 0.953. The molecule has 6 atom stereocenters. The molecule has 0 aromatic carbocycles. The van der Waals surface area contributed by atoms with Crippen molar-refractivity contribution in [1.82, 2.24) is 0 Å². The van der Waals surface area contributed by atoms with Gasteiger partial charge in [0.05, 0.1) is 26.4 Å². The number of aliphatic hydroxyl groups is 1. The Bertz CT molecular complexity index is 2030. The third-order valence-electron chi connectivity index (χ3n) is 20.5. The summed E-state index contributed by atoms with van der Waals surface area (Å²) in [6, 6.07) is 0. The Kier molecular flexibility index (Phi) is 74.7. The summed E-state index contributed by atoms with van der Waals surface area (Å²) in [7, 11) is -9.93. The molecule has 0 aliphatic rings. The van der Waals surface area contributed by atoms with Crippen molar-refractivity contribution in [2.45, 2.75) is 471 Å². The Labute approximate surface area is 645 Å². The van der Waals surface area contributed by atoms with Crippen LogP contribution in [0, 0.1) is 17.8 Å². The largest absolute Gasteiger partial charge is 0.472 e. The van der Waals surface area contributed by atoms with Crippen molar-refractivity contribution in [1.29, 1.82) is 0 Å². The summed E-state index contributed by atoms with van der Waals surface area (Å²) in [5.74, 6) is 0.244. The Morgan fingerprint density at radius 1 is 0.276 bits per heavy atom. The zero-order chi connectivity index (χ0) is 77.2. The minimum absolute atomic E-state index is 0.106. The van der Waals surface area contributed by atoms with Gasteiger partial charge in [-0.15, -0.1) is 0 Å². The molecule has 0 bridgehead atoms. The van der Waals surface area contributed by atoms with E-state index in [1.165, 1.54) is 263 Å². The van der Waals surface area contributed by atoms with Crippen LogP contribution in [0.1, 0.15) is 453 Å². The van der Waals surface area contributed by atoms with E-state index in [1.54, 1.807) is 0 Å². The number of carbonyl (C=O) groups is 4. The first-order chi connectivity index (χ1) is 50.8. The summed E-state index contributed by atoms with van der Waals surface area (Å²) in [6.45, 7) is 12.0. The first-order valence-corrected chi connectivity index (χ1v) is 47.4. The maximum atomic E-state index is 13.2. The van der Waals surface area contributed by atoms with Crippen molar-refractivity contribution in [2.75, 3.05) is 39.6 Å². The second-order valence-corrected chi connectivity index (χ2v) is 35.0. The maximum Gasteiger partial charge on any atom is 0.472 e. The summed E-state index contributed by atoms with van der Waals surface area (Å²) in [6.07, 6.45) is 66.7. The molecule has 0 saturated carbocycles. The standard InChI is InChI=1S/C86H168O17P2/c1-8-10-11-12-13-14-15-16-17-18-19-23-26-29-32-38-46-53-60-67-83(88)96-73-81(102-85(90)69-62-55-48-39-33-30-27-24-21-20-22-25-28-31-36-43-50-57-64-77(3)4)75-100-104(92,93)98-71-80(87)72-99-105(94,95)101-76-82(74-97-84(89)68-61-54-47-42-41-44-51-58-65-78(5)6)103-86(91)70-63-56-49-40-35-34-37-45-52-59-66-79(7)9-2/h77-82,87H,8-76H2,1-7H3,(H,92,93)(H,94,95)/t79?,80-,81-,82-/m1/s1. The third-order valence-corrected chi connectivity index (χ3v) is 22.4. The number of esters is 4. The molecule has 0 fully saturated rings.